The van der Waals surface area contributed by atoms with E-state index in [1.807, 2.05) is 36.8 Å². The average molecular weight is 320 g/mol. The molecule has 0 amide bonds. The molecule has 5 nitrogen and oxygen atoms in total. The maximum atomic E-state index is 5.71. The number of imidazole rings is 1. The molecule has 1 aromatic carbocycles. The van der Waals surface area contributed by atoms with E-state index < -0.39 is 0 Å². The van der Waals surface area contributed by atoms with Crippen LogP contribution in [0.15, 0.2) is 61.1 Å². The van der Waals surface area contributed by atoms with Gasteiger partial charge in [0.2, 0.25) is 0 Å². The highest BCUT2D eigenvalue weighted by Crippen LogP contribution is 2.26. The molecule has 5 heteroatoms. The largest absolute Gasteiger partial charge is 0.378 e. The minimum Gasteiger partial charge on any atom is -0.378 e. The average Bonchev–Trinajstić information content (AvgIpc) is 3.14. The van der Waals surface area contributed by atoms with Crippen LogP contribution in [-0.4, -0.2) is 39.6 Å². The fourth-order valence-electron chi connectivity index (χ4n) is 3.07. The maximum absolute atomic E-state index is 5.71. The second-order valence-corrected chi connectivity index (χ2v) is 5.96. The number of aromatic amines is 1. The van der Waals surface area contributed by atoms with E-state index >= 15 is 0 Å². The van der Waals surface area contributed by atoms with Crippen molar-refractivity contribution in [1.82, 2.24) is 19.9 Å². The normalized spacial score (nSPS) is 18.6. The number of aromatic nitrogens is 3. The van der Waals surface area contributed by atoms with Crippen LogP contribution in [0.1, 0.15) is 17.4 Å². The molecular weight excluding hydrogens is 300 g/mol. The van der Waals surface area contributed by atoms with Crippen LogP contribution in [-0.2, 0) is 11.3 Å². The maximum Gasteiger partial charge on any atom is 0.126 e. The first kappa shape index (κ1) is 15.1. The van der Waals surface area contributed by atoms with Gasteiger partial charge in [-0.2, -0.15) is 0 Å². The molecule has 0 bridgehead atoms. The first-order valence-corrected chi connectivity index (χ1v) is 8.21. The summed E-state index contributed by atoms with van der Waals surface area (Å²) in [5, 5.41) is 0. The summed E-state index contributed by atoms with van der Waals surface area (Å²) in [5.41, 5.74) is 3.44. The van der Waals surface area contributed by atoms with Crippen LogP contribution in [0.4, 0.5) is 0 Å². The van der Waals surface area contributed by atoms with Gasteiger partial charge in [0, 0.05) is 25.5 Å². The van der Waals surface area contributed by atoms with E-state index in [1.54, 1.807) is 0 Å². The molecule has 1 unspecified atom stereocenters. The smallest absolute Gasteiger partial charge is 0.126 e. The summed E-state index contributed by atoms with van der Waals surface area (Å²) >= 11 is 0. The zero-order chi connectivity index (χ0) is 16.2. The molecule has 0 saturated carbocycles. The number of benzene rings is 1. The fourth-order valence-corrected chi connectivity index (χ4v) is 3.07. The second kappa shape index (κ2) is 6.95. The lowest BCUT2D eigenvalue weighted by Gasteiger charge is -2.34. The Morgan fingerprint density at radius 3 is 2.79 bits per heavy atom. The summed E-state index contributed by atoms with van der Waals surface area (Å²) < 4.78 is 5.71. The summed E-state index contributed by atoms with van der Waals surface area (Å²) in [6, 6.07) is 14.5. The molecule has 3 heterocycles. The Balaban J connectivity index is 1.56. The van der Waals surface area contributed by atoms with Crippen LogP contribution in [0.25, 0.3) is 11.3 Å². The van der Waals surface area contributed by atoms with Crippen molar-refractivity contribution in [3.63, 3.8) is 0 Å². The minimum absolute atomic E-state index is 0.143. The molecule has 24 heavy (non-hydrogen) atoms. The first-order chi connectivity index (χ1) is 11.9. The number of ether oxygens (including phenoxy) is 1. The summed E-state index contributed by atoms with van der Waals surface area (Å²) in [6.45, 7) is 3.19. The number of nitrogens with one attached hydrogen (secondary N) is 1. The van der Waals surface area contributed by atoms with E-state index in [0.717, 1.165) is 36.8 Å². The molecule has 122 valence electrons. The highest BCUT2D eigenvalue weighted by molar-refractivity contribution is 5.58. The van der Waals surface area contributed by atoms with E-state index in [9.17, 15) is 0 Å². The van der Waals surface area contributed by atoms with E-state index in [1.165, 1.54) is 5.56 Å². The van der Waals surface area contributed by atoms with Crippen molar-refractivity contribution in [1.29, 1.82) is 0 Å². The van der Waals surface area contributed by atoms with Crippen molar-refractivity contribution in [2.24, 2.45) is 0 Å². The van der Waals surface area contributed by atoms with E-state index in [-0.39, 0.29) is 6.04 Å². The molecule has 0 radical (unpaired) electrons. The molecule has 0 aliphatic carbocycles. The third kappa shape index (κ3) is 3.22. The minimum atomic E-state index is 0.143. The standard InChI is InChI=1S/C19H20N4O/c1-2-4-16(5-3-1)17-12-21-19(22-17)18-14-24-11-10-23(18)13-15-6-8-20-9-7-15/h1-9,12,18H,10-11,13-14H2,(H,21,22). The number of hydrogen-bond acceptors (Lipinski definition) is 4. The number of rotatable bonds is 4. The van der Waals surface area contributed by atoms with Gasteiger partial charge in [0.25, 0.3) is 0 Å². The topological polar surface area (TPSA) is 54.0 Å². The van der Waals surface area contributed by atoms with Gasteiger partial charge in [-0.1, -0.05) is 30.3 Å². The van der Waals surface area contributed by atoms with Crippen LogP contribution < -0.4 is 0 Å². The third-order valence-electron chi connectivity index (χ3n) is 4.37. The monoisotopic (exact) mass is 320 g/mol. The van der Waals surface area contributed by atoms with Crippen molar-refractivity contribution < 1.29 is 4.74 Å². The molecule has 1 aliphatic rings. The lowest BCUT2D eigenvalue weighted by atomic mass is 10.1. The Morgan fingerprint density at radius 2 is 1.96 bits per heavy atom. The number of H-pyrrole nitrogens is 1. The molecule has 4 rings (SSSR count). The van der Waals surface area contributed by atoms with Gasteiger partial charge in [0.1, 0.15) is 5.82 Å². The Hall–Kier alpha value is -2.50. The van der Waals surface area contributed by atoms with Gasteiger partial charge < -0.3 is 9.72 Å². The van der Waals surface area contributed by atoms with Crippen LogP contribution >= 0.6 is 0 Å². The Labute approximate surface area is 141 Å². The van der Waals surface area contributed by atoms with E-state index in [2.05, 4.69) is 44.1 Å². The van der Waals surface area contributed by atoms with Crippen molar-refractivity contribution >= 4 is 0 Å². The van der Waals surface area contributed by atoms with Crippen molar-refractivity contribution in [2.75, 3.05) is 19.8 Å². The van der Waals surface area contributed by atoms with E-state index in [0.29, 0.717) is 6.61 Å². The highest BCUT2D eigenvalue weighted by atomic mass is 16.5. The highest BCUT2D eigenvalue weighted by Gasteiger charge is 2.27. The van der Waals surface area contributed by atoms with Gasteiger partial charge in [-0.15, -0.1) is 0 Å². The third-order valence-corrected chi connectivity index (χ3v) is 4.37. The molecule has 1 fully saturated rings. The van der Waals surface area contributed by atoms with Crippen LogP contribution in [0.3, 0.4) is 0 Å². The SMILES string of the molecule is c1ccc(-c2cnc(C3COCCN3Cc3ccncc3)[nH]2)cc1. The molecule has 1 atom stereocenters. The zero-order valence-corrected chi connectivity index (χ0v) is 13.4. The summed E-state index contributed by atoms with van der Waals surface area (Å²) in [7, 11) is 0. The van der Waals surface area contributed by atoms with Gasteiger partial charge in [-0.05, 0) is 23.3 Å². The number of morpholine rings is 1. The first-order valence-electron chi connectivity index (χ1n) is 8.21. The van der Waals surface area contributed by atoms with Gasteiger partial charge >= 0.3 is 0 Å². The molecule has 3 aromatic rings. The molecule has 1 saturated heterocycles. The Morgan fingerprint density at radius 1 is 1.12 bits per heavy atom. The van der Waals surface area contributed by atoms with Crippen LogP contribution in [0.5, 0.6) is 0 Å². The number of hydrogen-bond donors (Lipinski definition) is 1. The fraction of sp³-hybridized carbons (Fsp3) is 0.263. The van der Waals surface area contributed by atoms with Crippen molar-refractivity contribution in [3.8, 4) is 11.3 Å². The van der Waals surface area contributed by atoms with Gasteiger partial charge in [-0.25, -0.2) is 4.98 Å². The molecule has 1 N–H and O–H groups in total. The van der Waals surface area contributed by atoms with E-state index in [4.69, 9.17) is 4.74 Å². The summed E-state index contributed by atoms with van der Waals surface area (Å²) in [5.74, 6) is 0.961. The molecule has 1 aliphatic heterocycles. The van der Waals surface area contributed by atoms with Gasteiger partial charge in [0.05, 0.1) is 31.1 Å². The van der Waals surface area contributed by atoms with Crippen molar-refractivity contribution in [3.05, 3.63) is 72.4 Å². The van der Waals surface area contributed by atoms with Crippen molar-refractivity contribution in [2.45, 2.75) is 12.6 Å². The predicted molar refractivity (Wildman–Crippen MR) is 92.2 cm³/mol. The Kier molecular flexibility index (Phi) is 4.36. The summed E-state index contributed by atoms with van der Waals surface area (Å²) in [6.07, 6.45) is 5.58. The number of nitrogens with zero attached hydrogens (tertiary/aromatic N) is 3. The van der Waals surface area contributed by atoms with Gasteiger partial charge in [-0.3, -0.25) is 9.88 Å². The lowest BCUT2D eigenvalue weighted by molar-refractivity contribution is -0.0156. The van der Waals surface area contributed by atoms with Gasteiger partial charge in [0.15, 0.2) is 0 Å². The second-order valence-electron chi connectivity index (χ2n) is 5.96. The van der Waals surface area contributed by atoms with Crippen LogP contribution in [0, 0.1) is 0 Å². The quantitative estimate of drug-likeness (QED) is 0.803. The molecule has 2 aromatic heterocycles. The Bertz CT molecular complexity index is 772. The lowest BCUT2D eigenvalue weighted by Crippen LogP contribution is -2.39. The molecular formula is C19H20N4O. The molecule has 0 spiro atoms. The summed E-state index contributed by atoms with van der Waals surface area (Å²) in [4.78, 5) is 14.6. The number of pyridine rings is 1. The van der Waals surface area contributed by atoms with Crippen LogP contribution in [0.2, 0.25) is 0 Å². The zero-order valence-electron chi connectivity index (χ0n) is 13.4. The predicted octanol–water partition coefficient (Wildman–Crippen LogP) is 3.05.